The number of halogens is 3. The monoisotopic (exact) mass is 390 g/mol. The van der Waals surface area contributed by atoms with E-state index in [1.165, 1.54) is 0 Å². The second kappa shape index (κ2) is 6.61. The standard InChI is InChI=1S/C14H13BrF2N2O4/c15-9-3-1-8(2-4-9)11(20)6-18-12(21)10-5-14(16,17)7-19(10)13(22)23/h1-4,10H,5-7H2,(H,18,21)(H,22,23). The Labute approximate surface area is 138 Å². The zero-order valence-electron chi connectivity index (χ0n) is 11.8. The molecule has 1 aliphatic rings. The van der Waals surface area contributed by atoms with Crippen LogP contribution in [0.3, 0.4) is 0 Å². The van der Waals surface area contributed by atoms with E-state index in [1.54, 1.807) is 24.3 Å². The van der Waals surface area contributed by atoms with Crippen molar-refractivity contribution in [2.75, 3.05) is 13.1 Å². The van der Waals surface area contributed by atoms with E-state index in [1.807, 2.05) is 0 Å². The first kappa shape index (κ1) is 17.3. The fourth-order valence-corrected chi connectivity index (χ4v) is 2.54. The topological polar surface area (TPSA) is 86.7 Å². The number of alkyl halides is 2. The van der Waals surface area contributed by atoms with E-state index < -0.39 is 49.3 Å². The summed E-state index contributed by atoms with van der Waals surface area (Å²) in [6.45, 7) is -1.42. The van der Waals surface area contributed by atoms with Crippen molar-refractivity contribution in [3.05, 3.63) is 34.3 Å². The lowest BCUT2D eigenvalue weighted by atomic mass is 10.1. The molecule has 0 spiro atoms. The maximum absolute atomic E-state index is 13.3. The van der Waals surface area contributed by atoms with Crippen molar-refractivity contribution in [1.29, 1.82) is 0 Å². The van der Waals surface area contributed by atoms with E-state index >= 15 is 0 Å². The van der Waals surface area contributed by atoms with Gasteiger partial charge in [-0.15, -0.1) is 0 Å². The molecule has 0 aromatic heterocycles. The fraction of sp³-hybridized carbons (Fsp3) is 0.357. The minimum Gasteiger partial charge on any atom is -0.465 e. The molecule has 1 aliphatic heterocycles. The number of ketones is 1. The smallest absolute Gasteiger partial charge is 0.408 e. The second-order valence-corrected chi connectivity index (χ2v) is 6.05. The van der Waals surface area contributed by atoms with Crippen LogP contribution < -0.4 is 5.32 Å². The number of nitrogens with one attached hydrogen (secondary N) is 1. The number of carbonyl (C=O) groups excluding carboxylic acids is 2. The highest BCUT2D eigenvalue weighted by molar-refractivity contribution is 9.10. The van der Waals surface area contributed by atoms with Crippen LogP contribution in [-0.4, -0.2) is 52.8 Å². The predicted molar refractivity (Wildman–Crippen MR) is 79.6 cm³/mol. The lowest BCUT2D eigenvalue weighted by molar-refractivity contribution is -0.125. The summed E-state index contributed by atoms with van der Waals surface area (Å²) in [5, 5.41) is 11.1. The maximum atomic E-state index is 13.3. The number of amides is 2. The van der Waals surface area contributed by atoms with Crippen molar-refractivity contribution in [1.82, 2.24) is 10.2 Å². The molecule has 0 saturated carbocycles. The van der Waals surface area contributed by atoms with Crippen LogP contribution in [0.5, 0.6) is 0 Å². The van der Waals surface area contributed by atoms with Crippen molar-refractivity contribution < 1.29 is 28.3 Å². The molecular formula is C14H13BrF2N2O4. The van der Waals surface area contributed by atoms with E-state index in [2.05, 4.69) is 21.2 Å². The van der Waals surface area contributed by atoms with Gasteiger partial charge in [0.05, 0.1) is 13.1 Å². The Hall–Kier alpha value is -2.03. The predicted octanol–water partition coefficient (Wildman–Crippen LogP) is 2.14. The molecule has 1 aromatic carbocycles. The summed E-state index contributed by atoms with van der Waals surface area (Å²) >= 11 is 3.22. The molecule has 1 fully saturated rings. The molecule has 1 aromatic rings. The lowest BCUT2D eigenvalue weighted by Crippen LogP contribution is -2.46. The van der Waals surface area contributed by atoms with Gasteiger partial charge in [-0.2, -0.15) is 0 Å². The highest BCUT2D eigenvalue weighted by atomic mass is 79.9. The molecule has 1 unspecified atom stereocenters. The largest absolute Gasteiger partial charge is 0.465 e. The number of hydrogen-bond acceptors (Lipinski definition) is 3. The molecule has 0 radical (unpaired) electrons. The van der Waals surface area contributed by atoms with Gasteiger partial charge >= 0.3 is 6.09 Å². The van der Waals surface area contributed by atoms with Gasteiger partial charge in [0.2, 0.25) is 5.91 Å². The molecule has 1 heterocycles. The van der Waals surface area contributed by atoms with Crippen LogP contribution >= 0.6 is 15.9 Å². The van der Waals surface area contributed by atoms with Gasteiger partial charge in [-0.1, -0.05) is 28.1 Å². The van der Waals surface area contributed by atoms with E-state index in [0.717, 1.165) is 4.47 Å². The molecule has 9 heteroatoms. The van der Waals surface area contributed by atoms with Crippen LogP contribution in [0.25, 0.3) is 0 Å². The molecule has 0 aliphatic carbocycles. The second-order valence-electron chi connectivity index (χ2n) is 5.13. The highest BCUT2D eigenvalue weighted by Gasteiger charge is 2.50. The molecule has 2 rings (SSSR count). The zero-order chi connectivity index (χ0) is 17.2. The Bertz CT molecular complexity index is 636. The quantitative estimate of drug-likeness (QED) is 0.771. The number of rotatable bonds is 4. The van der Waals surface area contributed by atoms with Crippen LogP contribution in [0.4, 0.5) is 13.6 Å². The maximum Gasteiger partial charge on any atom is 0.408 e. The van der Waals surface area contributed by atoms with Crippen molar-refractivity contribution in [3.63, 3.8) is 0 Å². The summed E-state index contributed by atoms with van der Waals surface area (Å²) < 4.78 is 27.4. The Morgan fingerprint density at radius 2 is 1.91 bits per heavy atom. The lowest BCUT2D eigenvalue weighted by Gasteiger charge is -2.19. The first-order valence-electron chi connectivity index (χ1n) is 6.63. The number of carbonyl (C=O) groups is 3. The minimum absolute atomic E-state index is 0.348. The van der Waals surface area contributed by atoms with E-state index in [0.29, 0.717) is 10.5 Å². The van der Waals surface area contributed by atoms with Crippen molar-refractivity contribution in [2.45, 2.75) is 18.4 Å². The van der Waals surface area contributed by atoms with Crippen LogP contribution in [0.1, 0.15) is 16.8 Å². The Balaban J connectivity index is 1.97. The molecule has 1 saturated heterocycles. The number of Topliss-reactive ketones (excluding diaryl/α,β-unsaturated/α-hetero) is 1. The van der Waals surface area contributed by atoms with Crippen molar-refractivity contribution in [2.24, 2.45) is 0 Å². The Morgan fingerprint density at radius 1 is 1.30 bits per heavy atom. The molecule has 23 heavy (non-hydrogen) atoms. The van der Waals surface area contributed by atoms with Gasteiger partial charge in [-0.3, -0.25) is 14.5 Å². The minimum atomic E-state index is -3.25. The molecular weight excluding hydrogens is 378 g/mol. The summed E-state index contributed by atoms with van der Waals surface area (Å²) in [5.41, 5.74) is 0.348. The van der Waals surface area contributed by atoms with Gasteiger partial charge in [0, 0.05) is 16.5 Å². The normalized spacial score (nSPS) is 19.4. The van der Waals surface area contributed by atoms with E-state index in [9.17, 15) is 23.2 Å². The molecule has 2 amide bonds. The van der Waals surface area contributed by atoms with Crippen molar-refractivity contribution >= 4 is 33.7 Å². The SMILES string of the molecule is O=C(CNC(=O)C1CC(F)(F)CN1C(=O)O)c1ccc(Br)cc1. The van der Waals surface area contributed by atoms with Gasteiger partial charge in [0.1, 0.15) is 6.04 Å². The number of nitrogens with zero attached hydrogens (tertiary/aromatic N) is 1. The summed E-state index contributed by atoms with van der Waals surface area (Å²) in [6, 6.07) is 4.90. The van der Waals surface area contributed by atoms with Crippen LogP contribution in [0.15, 0.2) is 28.7 Å². The fourth-order valence-electron chi connectivity index (χ4n) is 2.28. The molecule has 2 N–H and O–H groups in total. The third-order valence-electron chi connectivity index (χ3n) is 3.41. The average Bonchev–Trinajstić information content (AvgIpc) is 2.81. The molecule has 0 bridgehead atoms. The molecule has 124 valence electrons. The third kappa shape index (κ3) is 4.25. The van der Waals surface area contributed by atoms with E-state index in [-0.39, 0.29) is 0 Å². The zero-order valence-corrected chi connectivity index (χ0v) is 13.3. The first-order chi connectivity index (χ1) is 10.7. The van der Waals surface area contributed by atoms with Crippen LogP contribution in [0, 0.1) is 0 Å². The number of carboxylic acid groups (broad SMARTS) is 1. The summed E-state index contributed by atoms with van der Waals surface area (Å²) in [6.07, 6.45) is -2.49. The van der Waals surface area contributed by atoms with Crippen molar-refractivity contribution in [3.8, 4) is 0 Å². The summed E-state index contributed by atoms with van der Waals surface area (Å²) in [5.74, 6) is -4.57. The van der Waals surface area contributed by atoms with Gasteiger partial charge in [-0.25, -0.2) is 13.6 Å². The third-order valence-corrected chi connectivity index (χ3v) is 3.94. The molecule has 1 atom stereocenters. The van der Waals surface area contributed by atoms with Crippen LogP contribution in [0.2, 0.25) is 0 Å². The number of hydrogen-bond donors (Lipinski definition) is 2. The van der Waals surface area contributed by atoms with Gasteiger partial charge in [0.15, 0.2) is 5.78 Å². The number of likely N-dealkylation sites (tertiary alicyclic amines) is 1. The Morgan fingerprint density at radius 3 is 2.48 bits per heavy atom. The first-order valence-corrected chi connectivity index (χ1v) is 7.43. The van der Waals surface area contributed by atoms with Gasteiger partial charge < -0.3 is 10.4 Å². The number of benzene rings is 1. The molecule has 6 nitrogen and oxygen atoms in total. The highest BCUT2D eigenvalue weighted by Crippen LogP contribution is 2.32. The summed E-state index contributed by atoms with van der Waals surface area (Å²) in [7, 11) is 0. The summed E-state index contributed by atoms with van der Waals surface area (Å²) in [4.78, 5) is 35.2. The average molecular weight is 391 g/mol. The Kier molecular flexibility index (Phi) is 4.98. The van der Waals surface area contributed by atoms with Gasteiger partial charge in [0.25, 0.3) is 5.92 Å². The van der Waals surface area contributed by atoms with Crippen LogP contribution in [-0.2, 0) is 4.79 Å². The van der Waals surface area contributed by atoms with E-state index in [4.69, 9.17) is 5.11 Å². The van der Waals surface area contributed by atoms with Gasteiger partial charge in [-0.05, 0) is 12.1 Å².